The SMILES string of the molecule is Cc1ccc(N(C)c2ccc3nc(NC(=O)NC[C@H]4CCCN4C(=O)OC(C)(C)C)sc3n2)cc1. The number of fused-ring (bicyclic) bond motifs is 1. The Hall–Kier alpha value is -3.40. The molecule has 0 unspecified atom stereocenters. The number of nitrogens with one attached hydrogen (secondary N) is 2. The fraction of sp³-hybridized carbons (Fsp3) is 0.440. The molecule has 4 rings (SSSR count). The van der Waals surface area contributed by atoms with Gasteiger partial charge in [-0.05, 0) is 64.8 Å². The van der Waals surface area contributed by atoms with Crippen LogP contribution in [0.3, 0.4) is 0 Å². The van der Waals surface area contributed by atoms with Crippen molar-refractivity contribution in [2.24, 2.45) is 0 Å². The number of aromatic nitrogens is 2. The Bertz CT molecular complexity index is 1200. The van der Waals surface area contributed by atoms with Crippen molar-refractivity contribution in [3.8, 4) is 0 Å². The number of aryl methyl sites for hydroxylation is 1. The monoisotopic (exact) mass is 496 g/mol. The number of hydrogen-bond acceptors (Lipinski definition) is 7. The van der Waals surface area contributed by atoms with E-state index >= 15 is 0 Å². The molecule has 35 heavy (non-hydrogen) atoms. The van der Waals surface area contributed by atoms with Gasteiger partial charge in [-0.25, -0.2) is 19.6 Å². The van der Waals surface area contributed by atoms with E-state index in [9.17, 15) is 9.59 Å². The topological polar surface area (TPSA) is 99.7 Å². The van der Waals surface area contributed by atoms with E-state index in [-0.39, 0.29) is 18.2 Å². The summed E-state index contributed by atoms with van der Waals surface area (Å²) in [6.45, 7) is 8.57. The van der Waals surface area contributed by atoms with Crippen LogP contribution in [0.1, 0.15) is 39.2 Å². The Labute approximate surface area is 209 Å². The van der Waals surface area contributed by atoms with Crippen molar-refractivity contribution >= 4 is 50.4 Å². The van der Waals surface area contributed by atoms with Gasteiger partial charge in [0.25, 0.3) is 0 Å². The Kier molecular flexibility index (Phi) is 7.11. The Morgan fingerprint density at radius 2 is 1.91 bits per heavy atom. The van der Waals surface area contributed by atoms with Crippen LogP contribution in [0.4, 0.5) is 26.2 Å². The summed E-state index contributed by atoms with van der Waals surface area (Å²) in [4.78, 5) is 38.6. The molecule has 1 aliphatic rings. The lowest BCUT2D eigenvalue weighted by molar-refractivity contribution is 0.0228. The van der Waals surface area contributed by atoms with Crippen LogP contribution in [0.2, 0.25) is 0 Å². The standard InChI is InChI=1S/C25H32N6O3S/c1-16-8-10-17(11-9-16)30(5)20-13-12-19-21(28-20)35-23(27-19)29-22(32)26-15-18-7-6-14-31(18)24(33)34-25(2,3)4/h8-13,18H,6-7,14-15H2,1-5H3,(H2,26,27,29,32)/t18-/m1/s1. The number of rotatable bonds is 5. The van der Waals surface area contributed by atoms with Crippen molar-refractivity contribution in [2.75, 3.05) is 30.4 Å². The maximum atomic E-state index is 12.5. The molecule has 186 valence electrons. The van der Waals surface area contributed by atoms with Crippen LogP contribution < -0.4 is 15.5 Å². The molecule has 1 saturated heterocycles. The summed E-state index contributed by atoms with van der Waals surface area (Å²) in [6.07, 6.45) is 1.36. The maximum absolute atomic E-state index is 12.5. The number of benzene rings is 1. The van der Waals surface area contributed by atoms with Crippen LogP contribution in [-0.2, 0) is 4.74 Å². The number of carbonyl (C=O) groups excluding carboxylic acids is 2. The molecule has 0 radical (unpaired) electrons. The molecule has 2 N–H and O–H groups in total. The summed E-state index contributed by atoms with van der Waals surface area (Å²) in [5.41, 5.74) is 2.41. The predicted octanol–water partition coefficient (Wildman–Crippen LogP) is 5.29. The first kappa shape index (κ1) is 24.7. The normalized spacial score (nSPS) is 15.8. The quantitative estimate of drug-likeness (QED) is 0.498. The zero-order valence-electron chi connectivity index (χ0n) is 20.8. The molecule has 1 atom stereocenters. The third-order valence-corrected chi connectivity index (χ3v) is 6.61. The Morgan fingerprint density at radius 3 is 2.63 bits per heavy atom. The van der Waals surface area contributed by atoms with Gasteiger partial charge >= 0.3 is 12.1 Å². The number of ether oxygens (including phenoxy) is 1. The Balaban J connectivity index is 1.35. The highest BCUT2D eigenvalue weighted by atomic mass is 32.1. The lowest BCUT2D eigenvalue weighted by Gasteiger charge is -2.28. The number of urea groups is 1. The van der Waals surface area contributed by atoms with Gasteiger partial charge in [0.1, 0.15) is 21.8 Å². The van der Waals surface area contributed by atoms with Crippen LogP contribution in [-0.4, -0.2) is 58.8 Å². The molecular formula is C25H32N6O3S. The summed E-state index contributed by atoms with van der Waals surface area (Å²) >= 11 is 1.32. The first-order valence-corrected chi connectivity index (χ1v) is 12.5. The predicted molar refractivity (Wildman–Crippen MR) is 140 cm³/mol. The summed E-state index contributed by atoms with van der Waals surface area (Å²) in [5, 5.41) is 6.12. The fourth-order valence-corrected chi connectivity index (χ4v) is 4.74. The second-order valence-electron chi connectivity index (χ2n) is 9.71. The average molecular weight is 497 g/mol. The molecule has 1 aromatic carbocycles. The molecule has 3 aromatic rings. The highest BCUT2D eigenvalue weighted by molar-refractivity contribution is 7.22. The van der Waals surface area contributed by atoms with Crippen molar-refractivity contribution in [3.63, 3.8) is 0 Å². The molecular weight excluding hydrogens is 464 g/mol. The molecule has 3 amide bonds. The summed E-state index contributed by atoms with van der Waals surface area (Å²) in [7, 11) is 1.97. The van der Waals surface area contributed by atoms with Gasteiger partial charge in [-0.1, -0.05) is 29.0 Å². The molecule has 0 aliphatic carbocycles. The average Bonchev–Trinajstić information content (AvgIpc) is 3.42. The van der Waals surface area contributed by atoms with Crippen molar-refractivity contribution < 1.29 is 14.3 Å². The summed E-state index contributed by atoms with van der Waals surface area (Å²) < 4.78 is 5.49. The van der Waals surface area contributed by atoms with Gasteiger partial charge in [-0.3, -0.25) is 5.32 Å². The summed E-state index contributed by atoms with van der Waals surface area (Å²) in [6, 6.07) is 11.6. The molecule has 10 heteroatoms. The number of thiazole rings is 1. The minimum absolute atomic E-state index is 0.0903. The minimum Gasteiger partial charge on any atom is -0.444 e. The number of hydrogen-bond donors (Lipinski definition) is 2. The van der Waals surface area contributed by atoms with E-state index in [4.69, 9.17) is 9.72 Å². The van der Waals surface area contributed by atoms with Gasteiger partial charge in [0, 0.05) is 25.8 Å². The number of anilines is 3. The summed E-state index contributed by atoms with van der Waals surface area (Å²) in [5.74, 6) is 0.796. The second kappa shape index (κ2) is 10.1. The van der Waals surface area contributed by atoms with Crippen molar-refractivity contribution in [2.45, 2.75) is 52.2 Å². The van der Waals surface area contributed by atoms with Gasteiger partial charge in [0.05, 0.1) is 6.04 Å². The van der Waals surface area contributed by atoms with Gasteiger partial charge in [-0.15, -0.1) is 0 Å². The molecule has 1 aliphatic heterocycles. The van der Waals surface area contributed by atoms with E-state index in [1.165, 1.54) is 16.9 Å². The van der Waals surface area contributed by atoms with E-state index in [0.29, 0.717) is 18.2 Å². The maximum Gasteiger partial charge on any atom is 0.410 e. The molecule has 0 bridgehead atoms. The lowest BCUT2D eigenvalue weighted by Crippen LogP contribution is -2.45. The molecule has 0 spiro atoms. The van der Waals surface area contributed by atoms with E-state index in [1.54, 1.807) is 4.90 Å². The first-order valence-electron chi connectivity index (χ1n) is 11.7. The van der Waals surface area contributed by atoms with Crippen LogP contribution >= 0.6 is 11.3 Å². The minimum atomic E-state index is -0.551. The number of carbonyl (C=O) groups is 2. The molecule has 2 aromatic heterocycles. The largest absolute Gasteiger partial charge is 0.444 e. The molecule has 1 fully saturated rings. The highest BCUT2D eigenvalue weighted by Gasteiger charge is 2.32. The number of likely N-dealkylation sites (tertiary alicyclic amines) is 1. The molecule has 3 heterocycles. The number of nitrogens with zero attached hydrogens (tertiary/aromatic N) is 4. The van der Waals surface area contributed by atoms with Crippen LogP contribution in [0.25, 0.3) is 10.3 Å². The van der Waals surface area contributed by atoms with Gasteiger partial charge in [0.2, 0.25) is 0 Å². The van der Waals surface area contributed by atoms with Gasteiger partial charge < -0.3 is 19.9 Å². The third kappa shape index (κ3) is 6.19. The van der Waals surface area contributed by atoms with E-state index in [1.807, 2.05) is 44.9 Å². The molecule has 9 nitrogen and oxygen atoms in total. The number of amides is 3. The molecule has 0 saturated carbocycles. The lowest BCUT2D eigenvalue weighted by atomic mass is 10.2. The number of pyridine rings is 1. The fourth-order valence-electron chi connectivity index (χ4n) is 3.91. The van der Waals surface area contributed by atoms with Crippen LogP contribution in [0.15, 0.2) is 36.4 Å². The third-order valence-electron chi connectivity index (χ3n) is 5.73. The van der Waals surface area contributed by atoms with E-state index in [2.05, 4.69) is 46.8 Å². The van der Waals surface area contributed by atoms with Crippen molar-refractivity contribution in [1.82, 2.24) is 20.2 Å². The zero-order valence-corrected chi connectivity index (χ0v) is 21.6. The van der Waals surface area contributed by atoms with Gasteiger partial charge in [0.15, 0.2) is 5.13 Å². The zero-order chi connectivity index (χ0) is 25.2. The van der Waals surface area contributed by atoms with Crippen molar-refractivity contribution in [1.29, 1.82) is 0 Å². The van der Waals surface area contributed by atoms with Crippen LogP contribution in [0, 0.1) is 6.92 Å². The Morgan fingerprint density at radius 1 is 1.17 bits per heavy atom. The highest BCUT2D eigenvalue weighted by Crippen LogP contribution is 2.29. The van der Waals surface area contributed by atoms with Gasteiger partial charge in [-0.2, -0.15) is 0 Å². The first-order chi connectivity index (χ1) is 16.6. The van der Waals surface area contributed by atoms with Crippen LogP contribution in [0.5, 0.6) is 0 Å². The smallest absolute Gasteiger partial charge is 0.410 e. The van der Waals surface area contributed by atoms with Crippen molar-refractivity contribution in [3.05, 3.63) is 42.0 Å². The van der Waals surface area contributed by atoms with E-state index in [0.717, 1.165) is 34.7 Å². The second-order valence-corrected chi connectivity index (χ2v) is 10.7. The van der Waals surface area contributed by atoms with E-state index < -0.39 is 5.60 Å².